The molecule has 0 N–H and O–H groups in total. The summed E-state index contributed by atoms with van der Waals surface area (Å²) < 4.78 is 46.0. The quantitative estimate of drug-likeness (QED) is 0.731. The standard InChI is InChI=1S/C9H10F2O2S/c1-7(14(11,12)13)5-8-3-2-4-9(10)6-8/h2-4,6-7H,5H2,1H3. The summed E-state index contributed by atoms with van der Waals surface area (Å²) in [6, 6.07) is 5.47. The fraction of sp³-hybridized carbons (Fsp3) is 0.333. The highest BCUT2D eigenvalue weighted by Gasteiger charge is 2.19. The molecule has 0 radical (unpaired) electrons. The summed E-state index contributed by atoms with van der Waals surface area (Å²) in [6.45, 7) is 1.25. The van der Waals surface area contributed by atoms with Gasteiger partial charge in [0, 0.05) is 0 Å². The number of hydrogen-bond acceptors (Lipinski definition) is 2. The number of rotatable bonds is 3. The Balaban J connectivity index is 2.80. The van der Waals surface area contributed by atoms with Gasteiger partial charge in [0.1, 0.15) is 5.82 Å². The first-order valence-electron chi connectivity index (χ1n) is 4.07. The maximum absolute atomic E-state index is 12.7. The minimum absolute atomic E-state index is 0.0173. The Bertz CT molecular complexity index is 415. The van der Waals surface area contributed by atoms with Crippen LogP contribution in [0, 0.1) is 5.82 Å². The fourth-order valence-electron chi connectivity index (χ4n) is 1.10. The first-order valence-corrected chi connectivity index (χ1v) is 5.52. The van der Waals surface area contributed by atoms with E-state index in [9.17, 15) is 16.7 Å². The predicted octanol–water partition coefficient (Wildman–Crippen LogP) is 2.06. The summed E-state index contributed by atoms with van der Waals surface area (Å²) in [6.07, 6.45) is -0.0173. The van der Waals surface area contributed by atoms with Crippen molar-refractivity contribution in [1.82, 2.24) is 0 Å². The van der Waals surface area contributed by atoms with E-state index in [-0.39, 0.29) is 6.42 Å². The van der Waals surface area contributed by atoms with Crippen LogP contribution in [0.3, 0.4) is 0 Å². The van der Waals surface area contributed by atoms with E-state index in [1.807, 2.05) is 0 Å². The lowest BCUT2D eigenvalue weighted by molar-refractivity contribution is 0.536. The molecule has 5 heteroatoms. The summed E-state index contributed by atoms with van der Waals surface area (Å²) in [5.41, 5.74) is 0.471. The molecule has 0 aliphatic carbocycles. The fourth-order valence-corrected chi connectivity index (χ4v) is 1.49. The molecule has 0 saturated carbocycles. The monoisotopic (exact) mass is 220 g/mol. The van der Waals surface area contributed by atoms with Crippen LogP contribution >= 0.6 is 0 Å². The summed E-state index contributed by atoms with van der Waals surface area (Å²) in [5, 5.41) is -1.13. The lowest BCUT2D eigenvalue weighted by atomic mass is 10.1. The first-order chi connectivity index (χ1) is 6.39. The Morgan fingerprint density at radius 3 is 2.57 bits per heavy atom. The van der Waals surface area contributed by atoms with Gasteiger partial charge in [-0.05, 0) is 31.0 Å². The van der Waals surface area contributed by atoms with Crippen molar-refractivity contribution >= 4 is 10.2 Å². The normalized spacial score (nSPS) is 13.9. The van der Waals surface area contributed by atoms with E-state index >= 15 is 0 Å². The Kier molecular flexibility index (Phi) is 3.21. The highest BCUT2D eigenvalue weighted by Crippen LogP contribution is 2.12. The lowest BCUT2D eigenvalue weighted by Gasteiger charge is -2.06. The van der Waals surface area contributed by atoms with Gasteiger partial charge in [-0.15, -0.1) is 3.89 Å². The average molecular weight is 220 g/mol. The van der Waals surface area contributed by atoms with Crippen molar-refractivity contribution in [3.05, 3.63) is 35.6 Å². The van der Waals surface area contributed by atoms with Crippen LogP contribution in [-0.2, 0) is 16.6 Å². The molecule has 2 nitrogen and oxygen atoms in total. The molecule has 0 spiro atoms. The molecular formula is C9H10F2O2S. The SMILES string of the molecule is CC(Cc1cccc(F)c1)S(=O)(=O)F. The zero-order chi connectivity index (χ0) is 10.8. The molecule has 1 rings (SSSR count). The minimum Gasteiger partial charge on any atom is -0.207 e. The predicted molar refractivity (Wildman–Crippen MR) is 49.6 cm³/mol. The molecule has 0 aromatic heterocycles. The third-order valence-corrected chi connectivity index (χ3v) is 3.02. The number of hydrogen-bond donors (Lipinski definition) is 0. The van der Waals surface area contributed by atoms with Crippen molar-refractivity contribution in [1.29, 1.82) is 0 Å². The van der Waals surface area contributed by atoms with Crippen molar-refractivity contribution in [2.45, 2.75) is 18.6 Å². The average Bonchev–Trinajstić information content (AvgIpc) is 2.02. The second kappa shape index (κ2) is 4.04. The van der Waals surface area contributed by atoms with Gasteiger partial charge in [0.05, 0.1) is 5.25 Å². The molecular weight excluding hydrogens is 210 g/mol. The molecule has 1 aromatic rings. The van der Waals surface area contributed by atoms with Crippen LogP contribution in [0.25, 0.3) is 0 Å². The summed E-state index contributed by atoms with van der Waals surface area (Å²) >= 11 is 0. The molecule has 1 aromatic carbocycles. The summed E-state index contributed by atoms with van der Waals surface area (Å²) in [7, 11) is -4.54. The molecule has 1 atom stereocenters. The van der Waals surface area contributed by atoms with E-state index in [0.29, 0.717) is 5.56 Å². The minimum atomic E-state index is -4.54. The zero-order valence-corrected chi connectivity index (χ0v) is 8.39. The van der Waals surface area contributed by atoms with Crippen LogP contribution in [0.1, 0.15) is 12.5 Å². The van der Waals surface area contributed by atoms with E-state index in [0.717, 1.165) is 0 Å². The van der Waals surface area contributed by atoms with Gasteiger partial charge in [-0.1, -0.05) is 12.1 Å². The van der Waals surface area contributed by atoms with Gasteiger partial charge in [0.15, 0.2) is 0 Å². The maximum Gasteiger partial charge on any atom is 0.305 e. The summed E-state index contributed by atoms with van der Waals surface area (Å²) in [4.78, 5) is 0. The van der Waals surface area contributed by atoms with E-state index in [1.54, 1.807) is 6.07 Å². The van der Waals surface area contributed by atoms with Gasteiger partial charge in [-0.2, -0.15) is 8.42 Å². The van der Waals surface area contributed by atoms with E-state index in [1.165, 1.54) is 25.1 Å². The summed E-state index contributed by atoms with van der Waals surface area (Å²) in [5.74, 6) is -0.453. The van der Waals surface area contributed by atoms with Crippen LogP contribution in [-0.4, -0.2) is 13.7 Å². The topological polar surface area (TPSA) is 34.1 Å². The third-order valence-electron chi connectivity index (χ3n) is 1.89. The van der Waals surface area contributed by atoms with Crippen LogP contribution in [0.2, 0.25) is 0 Å². The van der Waals surface area contributed by atoms with Crippen molar-refractivity contribution in [2.24, 2.45) is 0 Å². The van der Waals surface area contributed by atoms with Crippen LogP contribution in [0.15, 0.2) is 24.3 Å². The smallest absolute Gasteiger partial charge is 0.207 e. The Morgan fingerprint density at radius 1 is 1.43 bits per heavy atom. The van der Waals surface area contributed by atoms with Crippen LogP contribution in [0.5, 0.6) is 0 Å². The zero-order valence-electron chi connectivity index (χ0n) is 7.57. The number of halogens is 2. The van der Waals surface area contributed by atoms with Gasteiger partial charge >= 0.3 is 10.2 Å². The molecule has 0 aliphatic rings. The van der Waals surface area contributed by atoms with Crippen LogP contribution in [0.4, 0.5) is 8.28 Å². The van der Waals surface area contributed by atoms with Crippen molar-refractivity contribution in [2.75, 3.05) is 0 Å². The Hall–Kier alpha value is -0.970. The molecule has 14 heavy (non-hydrogen) atoms. The second-order valence-corrected chi connectivity index (χ2v) is 4.88. The largest absolute Gasteiger partial charge is 0.305 e. The molecule has 0 aliphatic heterocycles. The maximum atomic E-state index is 12.7. The number of benzene rings is 1. The van der Waals surface area contributed by atoms with Crippen molar-refractivity contribution in [3.63, 3.8) is 0 Å². The molecule has 78 valence electrons. The second-order valence-electron chi connectivity index (χ2n) is 3.12. The molecule has 0 fully saturated rings. The van der Waals surface area contributed by atoms with Gasteiger partial charge in [0.2, 0.25) is 0 Å². The molecule has 0 bridgehead atoms. The molecule has 1 unspecified atom stereocenters. The highest BCUT2D eigenvalue weighted by atomic mass is 32.3. The van der Waals surface area contributed by atoms with Gasteiger partial charge < -0.3 is 0 Å². The van der Waals surface area contributed by atoms with E-state index in [4.69, 9.17) is 0 Å². The van der Waals surface area contributed by atoms with Gasteiger partial charge in [-0.3, -0.25) is 0 Å². The van der Waals surface area contributed by atoms with Crippen molar-refractivity contribution < 1.29 is 16.7 Å². The van der Waals surface area contributed by atoms with Crippen molar-refractivity contribution in [3.8, 4) is 0 Å². The molecule has 0 saturated heterocycles. The van der Waals surface area contributed by atoms with E-state index in [2.05, 4.69) is 0 Å². The third kappa shape index (κ3) is 3.06. The van der Waals surface area contributed by atoms with Gasteiger partial charge in [0.25, 0.3) is 0 Å². The van der Waals surface area contributed by atoms with Gasteiger partial charge in [-0.25, -0.2) is 4.39 Å². The Morgan fingerprint density at radius 2 is 2.07 bits per heavy atom. The Labute approximate surface area is 81.8 Å². The lowest BCUT2D eigenvalue weighted by Crippen LogP contribution is -2.15. The van der Waals surface area contributed by atoms with E-state index < -0.39 is 21.3 Å². The first kappa shape index (κ1) is 11.1. The molecule has 0 heterocycles. The highest BCUT2D eigenvalue weighted by molar-refractivity contribution is 7.86. The van der Waals surface area contributed by atoms with Crippen LogP contribution < -0.4 is 0 Å². The molecule has 0 amide bonds.